The smallest absolute Gasteiger partial charge is 0.230 e. The first kappa shape index (κ1) is 12.5. The molecule has 96 valence electrons. The second-order valence-corrected chi connectivity index (χ2v) is 5.78. The van der Waals surface area contributed by atoms with E-state index >= 15 is 0 Å². The van der Waals surface area contributed by atoms with Gasteiger partial charge < -0.3 is 9.52 Å². The molecular formula is C12H21N3O2. The summed E-state index contributed by atoms with van der Waals surface area (Å²) in [6, 6.07) is 0. The van der Waals surface area contributed by atoms with Crippen molar-refractivity contribution in [3.05, 3.63) is 11.8 Å². The van der Waals surface area contributed by atoms with E-state index in [-0.39, 0.29) is 11.5 Å². The number of hydrogen-bond acceptors (Lipinski definition) is 5. The Balaban J connectivity index is 1.97. The number of hydrogen-bond donors (Lipinski definition) is 1. The number of rotatable bonds is 2. The zero-order valence-corrected chi connectivity index (χ0v) is 10.8. The van der Waals surface area contributed by atoms with E-state index in [9.17, 15) is 5.11 Å². The highest BCUT2D eigenvalue weighted by atomic mass is 16.4. The summed E-state index contributed by atoms with van der Waals surface area (Å²) in [6.07, 6.45) is 1.71. The lowest BCUT2D eigenvalue weighted by Gasteiger charge is -2.28. The summed E-state index contributed by atoms with van der Waals surface area (Å²) in [7, 11) is 0. The second kappa shape index (κ2) is 4.74. The molecule has 1 aliphatic rings. The van der Waals surface area contributed by atoms with Crippen LogP contribution in [0.15, 0.2) is 4.42 Å². The molecule has 1 aromatic heterocycles. The highest BCUT2D eigenvalue weighted by molar-refractivity contribution is 4.96. The lowest BCUT2D eigenvalue weighted by molar-refractivity contribution is 0.0620. The zero-order valence-electron chi connectivity index (χ0n) is 10.8. The molecule has 5 nitrogen and oxygen atoms in total. The number of β-amino-alcohol motifs (C(OH)–C–C–N with tert-alkyl or cyclic N) is 1. The van der Waals surface area contributed by atoms with Crippen LogP contribution in [-0.4, -0.2) is 39.4 Å². The Kier molecular flexibility index (Phi) is 3.49. The van der Waals surface area contributed by atoms with E-state index in [1.807, 2.05) is 0 Å². The van der Waals surface area contributed by atoms with Gasteiger partial charge in [-0.15, -0.1) is 10.2 Å². The van der Waals surface area contributed by atoms with Crippen molar-refractivity contribution in [2.45, 2.75) is 51.7 Å². The van der Waals surface area contributed by atoms with Gasteiger partial charge in [0.05, 0.1) is 12.6 Å². The van der Waals surface area contributed by atoms with Crippen LogP contribution < -0.4 is 0 Å². The third-order valence-corrected chi connectivity index (χ3v) is 2.95. The first-order valence-corrected chi connectivity index (χ1v) is 6.18. The Bertz CT molecular complexity index is 370. The third kappa shape index (κ3) is 3.26. The summed E-state index contributed by atoms with van der Waals surface area (Å²) in [5, 5.41) is 17.7. The molecule has 0 amide bonds. The van der Waals surface area contributed by atoms with Crippen LogP contribution in [0.3, 0.4) is 0 Å². The van der Waals surface area contributed by atoms with Crippen LogP contribution in [0.4, 0.5) is 0 Å². The minimum absolute atomic E-state index is 0.105. The molecule has 0 bridgehead atoms. The van der Waals surface area contributed by atoms with Gasteiger partial charge in [-0.1, -0.05) is 20.8 Å². The number of likely N-dealkylation sites (tertiary alicyclic amines) is 1. The molecule has 1 aliphatic heterocycles. The topological polar surface area (TPSA) is 62.4 Å². The number of nitrogens with zero attached hydrogens (tertiary/aromatic N) is 3. The fraction of sp³-hybridized carbons (Fsp3) is 0.833. The Morgan fingerprint density at radius 1 is 1.41 bits per heavy atom. The van der Waals surface area contributed by atoms with Gasteiger partial charge in [-0.3, -0.25) is 4.90 Å². The molecule has 2 rings (SSSR count). The van der Waals surface area contributed by atoms with E-state index < -0.39 is 0 Å². The molecule has 0 unspecified atom stereocenters. The molecule has 0 spiro atoms. The maximum absolute atomic E-state index is 9.58. The number of aliphatic hydroxyl groups excluding tert-OH is 1. The van der Waals surface area contributed by atoms with Crippen LogP contribution in [0.1, 0.15) is 45.4 Å². The minimum atomic E-state index is -0.214. The largest absolute Gasteiger partial charge is 0.423 e. The van der Waals surface area contributed by atoms with E-state index in [1.165, 1.54) is 0 Å². The van der Waals surface area contributed by atoms with Crippen molar-refractivity contribution in [2.75, 3.05) is 13.1 Å². The highest BCUT2D eigenvalue weighted by Crippen LogP contribution is 2.21. The standard InChI is InChI=1S/C12H21N3O2/c1-12(2,3)11-14-13-10(17-11)8-15-6-4-5-9(16)7-15/h9,16H,4-8H2,1-3H3/t9-/m0/s1. The molecule has 1 saturated heterocycles. The van der Waals surface area contributed by atoms with Crippen molar-refractivity contribution >= 4 is 0 Å². The number of piperidine rings is 1. The van der Waals surface area contributed by atoms with Gasteiger partial charge in [0.25, 0.3) is 0 Å². The van der Waals surface area contributed by atoms with Gasteiger partial charge in [-0.2, -0.15) is 0 Å². The van der Waals surface area contributed by atoms with Gasteiger partial charge in [0.2, 0.25) is 11.8 Å². The van der Waals surface area contributed by atoms with Crippen LogP contribution in [0.5, 0.6) is 0 Å². The Morgan fingerprint density at radius 2 is 2.18 bits per heavy atom. The van der Waals surface area contributed by atoms with Crippen molar-refractivity contribution in [3.8, 4) is 0 Å². The maximum atomic E-state index is 9.58. The second-order valence-electron chi connectivity index (χ2n) is 5.78. The molecule has 2 heterocycles. The Labute approximate surface area is 102 Å². The van der Waals surface area contributed by atoms with Crippen molar-refractivity contribution < 1.29 is 9.52 Å². The minimum Gasteiger partial charge on any atom is -0.423 e. The number of aromatic nitrogens is 2. The third-order valence-electron chi connectivity index (χ3n) is 2.95. The normalized spacial score (nSPS) is 22.9. The van der Waals surface area contributed by atoms with Crippen LogP contribution in [0, 0.1) is 0 Å². The molecule has 1 N–H and O–H groups in total. The molecular weight excluding hydrogens is 218 g/mol. The lowest BCUT2D eigenvalue weighted by atomic mass is 9.97. The summed E-state index contributed by atoms with van der Waals surface area (Å²) >= 11 is 0. The van der Waals surface area contributed by atoms with Crippen molar-refractivity contribution in [2.24, 2.45) is 0 Å². The van der Waals surface area contributed by atoms with Gasteiger partial charge in [-0.05, 0) is 19.4 Å². The summed E-state index contributed by atoms with van der Waals surface area (Å²) in [5.41, 5.74) is -0.105. The lowest BCUT2D eigenvalue weighted by Crippen LogP contribution is -2.37. The molecule has 1 aromatic rings. The van der Waals surface area contributed by atoms with Gasteiger partial charge in [0.15, 0.2) is 0 Å². The summed E-state index contributed by atoms with van der Waals surface area (Å²) in [4.78, 5) is 2.16. The van der Waals surface area contributed by atoms with E-state index in [0.717, 1.165) is 19.4 Å². The average molecular weight is 239 g/mol. The highest BCUT2D eigenvalue weighted by Gasteiger charge is 2.23. The summed E-state index contributed by atoms with van der Waals surface area (Å²) < 4.78 is 5.64. The summed E-state index contributed by atoms with van der Waals surface area (Å²) in [5.74, 6) is 1.31. The molecule has 0 saturated carbocycles. The molecule has 1 atom stereocenters. The number of aliphatic hydroxyl groups is 1. The van der Waals surface area contributed by atoms with Gasteiger partial charge in [-0.25, -0.2) is 0 Å². The zero-order chi connectivity index (χ0) is 12.5. The van der Waals surface area contributed by atoms with Gasteiger partial charge in [0.1, 0.15) is 0 Å². The quantitative estimate of drug-likeness (QED) is 0.843. The van der Waals surface area contributed by atoms with Crippen LogP contribution in [0.2, 0.25) is 0 Å². The fourth-order valence-corrected chi connectivity index (χ4v) is 1.99. The molecule has 0 aromatic carbocycles. The van der Waals surface area contributed by atoms with Crippen LogP contribution >= 0.6 is 0 Å². The van der Waals surface area contributed by atoms with Crippen molar-refractivity contribution in [3.63, 3.8) is 0 Å². The molecule has 5 heteroatoms. The van der Waals surface area contributed by atoms with Crippen LogP contribution in [0.25, 0.3) is 0 Å². The molecule has 0 aliphatic carbocycles. The average Bonchev–Trinajstić information content (AvgIpc) is 2.65. The van der Waals surface area contributed by atoms with E-state index in [0.29, 0.717) is 24.9 Å². The van der Waals surface area contributed by atoms with Gasteiger partial charge >= 0.3 is 0 Å². The predicted molar refractivity (Wildman–Crippen MR) is 63.5 cm³/mol. The fourth-order valence-electron chi connectivity index (χ4n) is 1.99. The molecule has 17 heavy (non-hydrogen) atoms. The van der Waals surface area contributed by atoms with Crippen molar-refractivity contribution in [1.82, 2.24) is 15.1 Å². The first-order chi connectivity index (χ1) is 7.95. The van der Waals surface area contributed by atoms with E-state index in [2.05, 4.69) is 35.9 Å². The van der Waals surface area contributed by atoms with Crippen molar-refractivity contribution in [1.29, 1.82) is 0 Å². The summed E-state index contributed by atoms with van der Waals surface area (Å²) in [6.45, 7) is 8.48. The van der Waals surface area contributed by atoms with E-state index in [1.54, 1.807) is 0 Å². The molecule has 1 fully saturated rings. The Hall–Kier alpha value is -0.940. The SMILES string of the molecule is CC(C)(C)c1nnc(CN2CCC[C@H](O)C2)o1. The van der Waals surface area contributed by atoms with Gasteiger partial charge in [0, 0.05) is 12.0 Å². The van der Waals surface area contributed by atoms with Crippen LogP contribution in [-0.2, 0) is 12.0 Å². The van der Waals surface area contributed by atoms with E-state index in [4.69, 9.17) is 4.42 Å². The Morgan fingerprint density at radius 3 is 2.76 bits per heavy atom. The molecule has 0 radical (unpaired) electrons. The monoisotopic (exact) mass is 239 g/mol. The maximum Gasteiger partial charge on any atom is 0.230 e. The predicted octanol–water partition coefficient (Wildman–Crippen LogP) is 1.32. The first-order valence-electron chi connectivity index (χ1n) is 6.18.